The predicted molar refractivity (Wildman–Crippen MR) is 50.9 cm³/mol. The summed E-state index contributed by atoms with van der Waals surface area (Å²) in [5.41, 5.74) is 0. The van der Waals surface area contributed by atoms with Gasteiger partial charge < -0.3 is 0 Å². The van der Waals surface area contributed by atoms with Crippen LogP contribution >= 0.6 is 8.31 Å². The molecule has 0 bridgehead atoms. The molecule has 2 atom stereocenters. The van der Waals surface area contributed by atoms with E-state index in [0.29, 0.717) is 6.10 Å². The topological polar surface area (TPSA) is 9.23 Å². The van der Waals surface area contributed by atoms with E-state index >= 15 is 0 Å². The SMILES string of the molecule is C=CC[C@@H]1OCCC1C[S][Tl]. The molecule has 11 heavy (non-hydrogen) atoms. The number of hydrogen-bond acceptors (Lipinski definition) is 2. The van der Waals surface area contributed by atoms with Gasteiger partial charge in [0.25, 0.3) is 0 Å². The van der Waals surface area contributed by atoms with Crippen molar-refractivity contribution in [3.63, 3.8) is 0 Å². The molecule has 0 amide bonds. The summed E-state index contributed by atoms with van der Waals surface area (Å²) in [6.07, 6.45) is 4.76. The van der Waals surface area contributed by atoms with Crippen LogP contribution < -0.4 is 0 Å². The summed E-state index contributed by atoms with van der Waals surface area (Å²) < 4.78 is 5.59. The predicted octanol–water partition coefficient (Wildman–Crippen LogP) is 1.78. The molecule has 0 radical (unpaired) electrons. The monoisotopic (exact) mass is 362 g/mol. The second kappa shape index (κ2) is 5.59. The van der Waals surface area contributed by atoms with Gasteiger partial charge in [0.2, 0.25) is 0 Å². The quantitative estimate of drug-likeness (QED) is 0.558. The van der Waals surface area contributed by atoms with Gasteiger partial charge in [-0.3, -0.25) is 0 Å². The molecule has 1 saturated heterocycles. The van der Waals surface area contributed by atoms with Crippen LogP contribution in [-0.2, 0) is 4.74 Å². The van der Waals surface area contributed by atoms with Crippen molar-refractivity contribution in [3.8, 4) is 0 Å². The number of rotatable bonds is 4. The fraction of sp³-hybridized carbons (Fsp3) is 0.750. The Labute approximate surface area is 86.8 Å². The van der Waals surface area contributed by atoms with Crippen LogP contribution in [0.2, 0.25) is 0 Å². The normalized spacial score (nSPS) is 30.5. The molecule has 3 heteroatoms. The van der Waals surface area contributed by atoms with Gasteiger partial charge in [0.05, 0.1) is 0 Å². The molecule has 1 nitrogen and oxygen atoms in total. The zero-order valence-corrected chi connectivity index (χ0v) is 12.0. The Morgan fingerprint density at radius 2 is 2.55 bits per heavy atom. The molecule has 0 N–H and O–H groups in total. The van der Waals surface area contributed by atoms with Gasteiger partial charge in [-0.15, -0.1) is 0 Å². The van der Waals surface area contributed by atoms with E-state index in [9.17, 15) is 0 Å². The van der Waals surface area contributed by atoms with E-state index < -0.39 is 0 Å². The van der Waals surface area contributed by atoms with E-state index in [2.05, 4.69) is 14.9 Å². The molecular formula is C8H13OSTl. The second-order valence-corrected chi connectivity index (χ2v) is 7.37. The Morgan fingerprint density at radius 3 is 3.18 bits per heavy atom. The number of ether oxygens (including phenoxy) is 1. The van der Waals surface area contributed by atoms with Crippen molar-refractivity contribution in [2.75, 3.05) is 12.4 Å². The first-order valence-electron chi connectivity index (χ1n) is 3.92. The Kier molecular flexibility index (Phi) is 5.11. The van der Waals surface area contributed by atoms with Gasteiger partial charge in [-0.25, -0.2) is 0 Å². The van der Waals surface area contributed by atoms with Gasteiger partial charge in [0.1, 0.15) is 0 Å². The van der Waals surface area contributed by atoms with Crippen LogP contribution in [0.15, 0.2) is 12.7 Å². The van der Waals surface area contributed by atoms with E-state index in [-0.39, 0.29) is 0 Å². The first-order valence-corrected chi connectivity index (χ1v) is 10.5. The molecule has 1 unspecified atom stereocenters. The molecule has 1 aliphatic rings. The molecule has 1 fully saturated rings. The van der Waals surface area contributed by atoms with Gasteiger partial charge in [-0.2, -0.15) is 0 Å². The van der Waals surface area contributed by atoms with Crippen molar-refractivity contribution >= 4 is 32.6 Å². The second-order valence-electron chi connectivity index (χ2n) is 2.82. The molecule has 0 aromatic carbocycles. The maximum atomic E-state index is 5.59. The van der Waals surface area contributed by atoms with Crippen LogP contribution in [0.5, 0.6) is 0 Å². The van der Waals surface area contributed by atoms with E-state index in [0.717, 1.165) is 43.2 Å². The van der Waals surface area contributed by atoms with Gasteiger partial charge >= 0.3 is 87.2 Å². The van der Waals surface area contributed by atoms with Crippen LogP contribution in [0.3, 0.4) is 0 Å². The zero-order valence-electron chi connectivity index (χ0n) is 6.66. The summed E-state index contributed by atoms with van der Waals surface area (Å²) in [7, 11) is 2.08. The first kappa shape index (κ1) is 10.1. The van der Waals surface area contributed by atoms with E-state index in [4.69, 9.17) is 4.74 Å². The minimum absolute atomic E-state index is 0.485. The Bertz CT molecular complexity index is 129. The van der Waals surface area contributed by atoms with Gasteiger partial charge in [-0.1, -0.05) is 0 Å². The minimum atomic E-state index is 0.485. The third kappa shape index (κ3) is 3.07. The van der Waals surface area contributed by atoms with Crippen molar-refractivity contribution in [2.45, 2.75) is 18.9 Å². The summed E-state index contributed by atoms with van der Waals surface area (Å²) in [5.74, 6) is 2.12. The summed E-state index contributed by atoms with van der Waals surface area (Å²) in [5, 5.41) is 0. The number of hydrogen-bond donors (Lipinski definition) is 0. The van der Waals surface area contributed by atoms with Gasteiger partial charge in [-0.05, 0) is 0 Å². The molecule has 0 aromatic heterocycles. The van der Waals surface area contributed by atoms with Crippen LogP contribution in [0.4, 0.5) is 0 Å². The average Bonchev–Trinajstić information content (AvgIpc) is 2.39. The van der Waals surface area contributed by atoms with Gasteiger partial charge in [0, 0.05) is 0 Å². The van der Waals surface area contributed by atoms with Crippen molar-refractivity contribution in [1.82, 2.24) is 0 Å². The average molecular weight is 362 g/mol. The fourth-order valence-electron chi connectivity index (χ4n) is 1.43. The van der Waals surface area contributed by atoms with E-state index in [1.165, 1.54) is 12.2 Å². The molecule has 1 heterocycles. The van der Waals surface area contributed by atoms with Crippen molar-refractivity contribution < 1.29 is 4.74 Å². The third-order valence-electron chi connectivity index (χ3n) is 2.06. The maximum absolute atomic E-state index is 5.59. The Balaban J connectivity index is 2.31. The fourth-order valence-corrected chi connectivity index (χ4v) is 4.94. The van der Waals surface area contributed by atoms with Crippen LogP contribution in [0, 0.1) is 5.92 Å². The van der Waals surface area contributed by atoms with Gasteiger partial charge in [0.15, 0.2) is 0 Å². The summed E-state index contributed by atoms with van der Waals surface area (Å²) >= 11 is 1.07. The van der Waals surface area contributed by atoms with Crippen LogP contribution in [0.25, 0.3) is 0 Å². The van der Waals surface area contributed by atoms with E-state index in [1.54, 1.807) is 0 Å². The zero-order chi connectivity index (χ0) is 8.10. The summed E-state index contributed by atoms with van der Waals surface area (Å²) in [6.45, 7) is 4.71. The molecule has 1 rings (SSSR count). The molecule has 0 aromatic rings. The Hall–Kier alpha value is 0.972. The summed E-state index contributed by atoms with van der Waals surface area (Å²) in [4.78, 5) is 0. The molecule has 0 saturated carbocycles. The van der Waals surface area contributed by atoms with Crippen molar-refractivity contribution in [2.24, 2.45) is 5.92 Å². The van der Waals surface area contributed by atoms with Crippen LogP contribution in [0.1, 0.15) is 12.8 Å². The molecule has 0 aliphatic carbocycles. The summed E-state index contributed by atoms with van der Waals surface area (Å²) in [6, 6.07) is 0. The molecule has 1 aliphatic heterocycles. The van der Waals surface area contributed by atoms with Crippen molar-refractivity contribution in [3.05, 3.63) is 12.7 Å². The third-order valence-corrected chi connectivity index (χ3v) is 4.92. The Morgan fingerprint density at radius 1 is 1.73 bits per heavy atom. The molecule has 0 spiro atoms. The van der Waals surface area contributed by atoms with Crippen LogP contribution in [-0.4, -0.2) is 42.7 Å². The van der Waals surface area contributed by atoms with E-state index in [1.807, 2.05) is 6.08 Å². The standard InChI is InChI=1S/C8H14OS.Tl/c1-2-3-8-7(6-10)4-5-9-8;/h2,7-8,10H,1,3-6H2;/q;+1/p-1/t7?,8-;/m0./s1. The first-order chi connectivity index (χ1) is 5.38. The van der Waals surface area contributed by atoms with Crippen molar-refractivity contribution in [1.29, 1.82) is 0 Å². The molecule has 60 valence electrons. The molecular weight excluding hydrogens is 349 g/mol.